The summed E-state index contributed by atoms with van der Waals surface area (Å²) in [4.78, 5) is 13.0. The first kappa shape index (κ1) is 17.8. The molecule has 2 aliphatic heterocycles. The number of epoxide rings is 1. The minimum absolute atomic E-state index is 0.0342. The van der Waals surface area contributed by atoms with Gasteiger partial charge in [-0.2, -0.15) is 0 Å². The molecule has 4 heteroatoms. The predicted octanol–water partition coefficient (Wildman–Crippen LogP) is 3.39. The van der Waals surface area contributed by atoms with E-state index in [1.54, 1.807) is 0 Å². The molecule has 2 aliphatic carbocycles. The smallest absolute Gasteiger partial charge is 0.315 e. The van der Waals surface area contributed by atoms with Crippen molar-refractivity contribution in [2.75, 3.05) is 27.2 Å². The average Bonchev–Trinajstić information content (AvgIpc) is 3.17. The molecular weight excluding hydrogens is 314 g/mol. The molecule has 4 nitrogen and oxygen atoms in total. The molecule has 0 amide bonds. The van der Waals surface area contributed by atoms with Crippen LogP contribution in [0.15, 0.2) is 0 Å². The molecule has 25 heavy (non-hydrogen) atoms. The van der Waals surface area contributed by atoms with E-state index >= 15 is 0 Å². The Bertz CT molecular complexity index is 561. The summed E-state index contributed by atoms with van der Waals surface area (Å²) in [5.41, 5.74) is -0.356. The normalized spacial score (nSPS) is 48.4. The lowest BCUT2D eigenvalue weighted by Gasteiger charge is -2.50. The lowest BCUT2D eigenvalue weighted by Crippen LogP contribution is -2.59. The average molecular weight is 351 g/mol. The van der Waals surface area contributed by atoms with Crippen molar-refractivity contribution in [2.24, 2.45) is 23.7 Å². The summed E-state index contributed by atoms with van der Waals surface area (Å²) in [7, 11) is 4.55. The molecule has 1 spiro atoms. The van der Waals surface area contributed by atoms with Crippen LogP contribution in [-0.2, 0) is 14.3 Å². The Morgan fingerprint density at radius 1 is 1.20 bits per heavy atom. The molecule has 0 N–H and O–H groups in total. The van der Waals surface area contributed by atoms with Crippen LogP contribution in [-0.4, -0.2) is 54.9 Å². The van der Waals surface area contributed by atoms with E-state index < -0.39 is 0 Å². The lowest BCUT2D eigenvalue weighted by atomic mass is 9.55. The fourth-order valence-electron chi connectivity index (χ4n) is 6.47. The zero-order chi connectivity index (χ0) is 18.0. The van der Waals surface area contributed by atoms with Gasteiger partial charge < -0.3 is 14.0 Å². The first-order valence-corrected chi connectivity index (χ1v) is 10.5. The third-order valence-electron chi connectivity index (χ3n) is 7.90. The second-order valence-electron chi connectivity index (χ2n) is 10.2. The van der Waals surface area contributed by atoms with Gasteiger partial charge >= 0.3 is 5.97 Å². The lowest BCUT2D eigenvalue weighted by molar-refractivity contribution is -0.893. The third-order valence-corrected chi connectivity index (χ3v) is 7.90. The quantitative estimate of drug-likeness (QED) is 0.433. The topological polar surface area (TPSA) is 38.8 Å². The number of quaternary nitrogens is 1. The summed E-state index contributed by atoms with van der Waals surface area (Å²) in [6.07, 6.45) is 7.20. The molecule has 0 radical (unpaired) electrons. The molecule has 4 aliphatic rings. The molecule has 4 rings (SSSR count). The molecule has 2 saturated heterocycles. The highest BCUT2D eigenvalue weighted by molar-refractivity contribution is 5.77. The van der Waals surface area contributed by atoms with E-state index in [4.69, 9.17) is 9.47 Å². The van der Waals surface area contributed by atoms with Crippen LogP contribution in [0, 0.1) is 23.7 Å². The van der Waals surface area contributed by atoms with Gasteiger partial charge in [0.1, 0.15) is 17.6 Å². The number of esters is 1. The van der Waals surface area contributed by atoms with Crippen molar-refractivity contribution in [2.45, 2.75) is 76.6 Å². The predicted molar refractivity (Wildman–Crippen MR) is 97.0 cm³/mol. The van der Waals surface area contributed by atoms with Crippen LogP contribution in [0.25, 0.3) is 0 Å². The maximum atomic E-state index is 13.0. The van der Waals surface area contributed by atoms with Crippen LogP contribution in [0.2, 0.25) is 0 Å². The third kappa shape index (κ3) is 2.58. The fourth-order valence-corrected chi connectivity index (χ4v) is 6.47. The Morgan fingerprint density at radius 3 is 2.68 bits per heavy atom. The maximum absolute atomic E-state index is 13.0. The second-order valence-corrected chi connectivity index (χ2v) is 10.2. The summed E-state index contributed by atoms with van der Waals surface area (Å²) in [6.45, 7) is 8.87. The molecule has 0 aromatic rings. The Hall–Kier alpha value is -0.610. The van der Waals surface area contributed by atoms with Crippen LogP contribution in [0.1, 0.15) is 59.3 Å². The zero-order valence-corrected chi connectivity index (χ0v) is 16.7. The van der Waals surface area contributed by atoms with E-state index in [9.17, 15) is 4.79 Å². The van der Waals surface area contributed by atoms with Gasteiger partial charge in [0.2, 0.25) is 0 Å². The van der Waals surface area contributed by atoms with Crippen molar-refractivity contribution in [1.29, 1.82) is 0 Å². The number of hydrogen-bond donors (Lipinski definition) is 0. The first-order chi connectivity index (χ1) is 11.7. The van der Waals surface area contributed by atoms with Gasteiger partial charge in [0.15, 0.2) is 0 Å². The summed E-state index contributed by atoms with van der Waals surface area (Å²) in [5, 5.41) is 0. The van der Waals surface area contributed by atoms with Gasteiger partial charge in [-0.15, -0.1) is 0 Å². The van der Waals surface area contributed by atoms with E-state index in [2.05, 4.69) is 34.9 Å². The molecule has 2 heterocycles. The zero-order valence-electron chi connectivity index (χ0n) is 16.7. The summed E-state index contributed by atoms with van der Waals surface area (Å²) in [5.74, 6) is 1.60. The number of hydrogen-bond acceptors (Lipinski definition) is 3. The van der Waals surface area contributed by atoms with Gasteiger partial charge in [-0.05, 0) is 44.9 Å². The van der Waals surface area contributed by atoms with Crippen molar-refractivity contribution in [1.82, 2.24) is 0 Å². The molecule has 142 valence electrons. The number of carbonyl (C=O) groups excluding carboxylic acids is 1. The van der Waals surface area contributed by atoms with Crippen molar-refractivity contribution in [3.63, 3.8) is 0 Å². The number of fused-ring (bicyclic) bond motifs is 1. The molecular formula is C21H36NO3+. The summed E-state index contributed by atoms with van der Waals surface area (Å²) in [6, 6.07) is 0. The first-order valence-electron chi connectivity index (χ1n) is 10.5. The Morgan fingerprint density at radius 2 is 1.96 bits per heavy atom. The van der Waals surface area contributed by atoms with Gasteiger partial charge in [0.05, 0.1) is 32.8 Å². The summed E-state index contributed by atoms with van der Waals surface area (Å²) < 4.78 is 13.5. The van der Waals surface area contributed by atoms with Gasteiger partial charge in [-0.3, -0.25) is 4.79 Å². The van der Waals surface area contributed by atoms with E-state index in [0.29, 0.717) is 17.8 Å². The number of carbonyl (C=O) groups is 1. The SMILES string of the molecule is CCCC[N+](C)(C)C[C@@H]1C(=O)O[C@@]23[C@H](CC[C@@]4(C)O[C@@H]24)[C@H](C)CC[C@@H]13. The Labute approximate surface area is 152 Å². The van der Waals surface area contributed by atoms with Crippen LogP contribution in [0.5, 0.6) is 0 Å². The summed E-state index contributed by atoms with van der Waals surface area (Å²) >= 11 is 0. The number of rotatable bonds is 5. The van der Waals surface area contributed by atoms with Gasteiger partial charge in [-0.25, -0.2) is 0 Å². The van der Waals surface area contributed by atoms with E-state index in [0.717, 1.165) is 36.8 Å². The van der Waals surface area contributed by atoms with E-state index in [1.165, 1.54) is 19.3 Å². The highest BCUT2D eigenvalue weighted by atomic mass is 16.7. The largest absolute Gasteiger partial charge is 0.455 e. The highest BCUT2D eigenvalue weighted by Crippen LogP contribution is 2.66. The monoisotopic (exact) mass is 350 g/mol. The van der Waals surface area contributed by atoms with Crippen LogP contribution in [0.3, 0.4) is 0 Å². The Balaban J connectivity index is 1.61. The maximum Gasteiger partial charge on any atom is 0.315 e. The van der Waals surface area contributed by atoms with Gasteiger partial charge in [0.25, 0.3) is 0 Å². The van der Waals surface area contributed by atoms with Crippen molar-refractivity contribution in [3.05, 3.63) is 0 Å². The molecule has 4 fully saturated rings. The molecule has 7 atom stereocenters. The minimum Gasteiger partial charge on any atom is -0.455 e. The second kappa shape index (κ2) is 5.69. The molecule has 0 unspecified atom stereocenters. The van der Waals surface area contributed by atoms with Crippen molar-refractivity contribution < 1.29 is 18.8 Å². The fraction of sp³-hybridized carbons (Fsp3) is 0.952. The highest BCUT2D eigenvalue weighted by Gasteiger charge is 2.77. The Kier molecular flexibility index (Phi) is 4.05. The molecule has 0 aromatic carbocycles. The molecule has 0 bridgehead atoms. The van der Waals surface area contributed by atoms with Crippen molar-refractivity contribution in [3.8, 4) is 0 Å². The van der Waals surface area contributed by atoms with Crippen LogP contribution < -0.4 is 0 Å². The molecule has 0 aromatic heterocycles. The van der Waals surface area contributed by atoms with E-state index in [1.807, 2.05) is 0 Å². The van der Waals surface area contributed by atoms with Crippen LogP contribution >= 0.6 is 0 Å². The minimum atomic E-state index is -0.322. The van der Waals surface area contributed by atoms with E-state index in [-0.39, 0.29) is 29.2 Å². The van der Waals surface area contributed by atoms with Gasteiger partial charge in [-0.1, -0.05) is 20.3 Å². The number of ether oxygens (including phenoxy) is 2. The standard InChI is InChI=1S/C21H36NO3/c1-6-7-12-22(4,5)13-15-17-9-8-14(2)16-10-11-20(3)19(25-20)21(16,17)24-18(15)23/h14-17,19H,6-13H2,1-5H3/q+1/t14-,15+,16-,17+,19-,20-,21-/m1/s1. The van der Waals surface area contributed by atoms with Crippen LogP contribution in [0.4, 0.5) is 0 Å². The van der Waals surface area contributed by atoms with Gasteiger partial charge in [0, 0.05) is 11.8 Å². The van der Waals surface area contributed by atoms with Crippen molar-refractivity contribution >= 4 is 5.97 Å². The molecule has 2 saturated carbocycles. The number of nitrogens with zero attached hydrogens (tertiary/aromatic N) is 1. The number of unbranched alkanes of at least 4 members (excludes halogenated alkanes) is 1.